The van der Waals surface area contributed by atoms with Crippen LogP contribution in [0.1, 0.15) is 47.9 Å². The third-order valence-electron chi connectivity index (χ3n) is 18.4. The fraction of sp³-hybridized carbons (Fsp3) is 0.0976. The van der Waals surface area contributed by atoms with E-state index in [1.165, 1.54) is 171 Å². The fourth-order valence-electron chi connectivity index (χ4n) is 14.5. The Morgan fingerprint density at radius 1 is 0.190 bits per heavy atom. The summed E-state index contributed by atoms with van der Waals surface area (Å²) < 4.78 is 0. The molecule has 0 heterocycles. The van der Waals surface area contributed by atoms with E-state index >= 15 is 0 Å². The molecule has 0 N–H and O–H groups in total. The van der Waals surface area contributed by atoms with Gasteiger partial charge in [-0.1, -0.05) is 206 Å². The third-order valence-corrected chi connectivity index (χ3v) is 18.4. The quantitative estimate of drug-likeness (QED) is 0.126. The van der Waals surface area contributed by atoms with Gasteiger partial charge in [0.2, 0.25) is 0 Å². The normalized spacial score (nSPS) is 13.1. The summed E-state index contributed by atoms with van der Waals surface area (Å²) in [7, 11) is 0. The Morgan fingerprint density at radius 2 is 0.464 bits per heavy atom. The molecule has 0 fully saturated rings. The van der Waals surface area contributed by atoms with Gasteiger partial charge in [0.25, 0.3) is 0 Å². The van der Waals surface area contributed by atoms with Crippen LogP contribution in [-0.4, -0.2) is 0 Å². The molecule has 0 aromatic heterocycles. The van der Waals surface area contributed by atoms with Crippen molar-refractivity contribution in [1.82, 2.24) is 0 Å². The molecule has 14 aromatic carbocycles. The Bertz CT molecular complexity index is 4400. The number of aryl methyl sites for hydroxylation is 4. The number of rotatable bonds is 10. The van der Waals surface area contributed by atoms with Crippen LogP contribution in [0.15, 0.2) is 279 Å². The van der Waals surface area contributed by atoms with Crippen LogP contribution < -0.4 is 9.80 Å². The lowest BCUT2D eigenvalue weighted by Gasteiger charge is -2.27. The third kappa shape index (κ3) is 8.55. The van der Waals surface area contributed by atoms with Gasteiger partial charge in [-0.15, -0.1) is 0 Å². The van der Waals surface area contributed by atoms with E-state index in [0.29, 0.717) is 0 Å². The summed E-state index contributed by atoms with van der Waals surface area (Å²) in [5, 5.41) is 12.4. The van der Waals surface area contributed by atoms with Crippen LogP contribution in [0, 0.1) is 0 Å². The molecule has 0 radical (unpaired) electrons. The van der Waals surface area contributed by atoms with E-state index in [9.17, 15) is 0 Å². The van der Waals surface area contributed by atoms with Crippen LogP contribution in [0.4, 0.5) is 34.1 Å². The number of para-hydroxylation sites is 2. The second-order valence-electron chi connectivity index (χ2n) is 23.1. The van der Waals surface area contributed by atoms with Gasteiger partial charge in [0.15, 0.2) is 0 Å². The summed E-state index contributed by atoms with van der Waals surface area (Å²) in [6.45, 7) is 0. The predicted octanol–water partition coefficient (Wildman–Crippen LogP) is 22.8. The van der Waals surface area contributed by atoms with Gasteiger partial charge in [-0.3, -0.25) is 0 Å². The van der Waals surface area contributed by atoms with Gasteiger partial charge < -0.3 is 9.80 Å². The molecule has 0 amide bonds. The molecule has 0 atom stereocenters. The number of nitrogens with zero attached hydrogens (tertiary/aromatic N) is 2. The van der Waals surface area contributed by atoms with Crippen molar-refractivity contribution in [1.29, 1.82) is 0 Å². The molecule has 0 unspecified atom stereocenters. The van der Waals surface area contributed by atoms with Crippen molar-refractivity contribution >= 4 is 88.0 Å². The van der Waals surface area contributed by atoms with Crippen LogP contribution >= 0.6 is 0 Å². The number of benzene rings is 14. The van der Waals surface area contributed by atoms with E-state index < -0.39 is 0 Å². The monoisotopic (exact) mass is 1070 g/mol. The highest BCUT2D eigenvalue weighted by molar-refractivity contribution is 6.27. The zero-order valence-corrected chi connectivity index (χ0v) is 47.1. The molecule has 0 saturated heterocycles. The van der Waals surface area contributed by atoms with Crippen LogP contribution in [0.3, 0.4) is 0 Å². The van der Waals surface area contributed by atoms with Crippen LogP contribution in [-0.2, 0) is 25.7 Å². The van der Waals surface area contributed by atoms with Gasteiger partial charge in [0, 0.05) is 34.1 Å². The lowest BCUT2D eigenvalue weighted by Crippen LogP contribution is -2.11. The summed E-state index contributed by atoms with van der Waals surface area (Å²) in [4.78, 5) is 4.84. The molecular formula is C82H62N2. The number of anilines is 6. The Hall–Kier alpha value is -10.0. The highest BCUT2D eigenvalue weighted by Crippen LogP contribution is 2.50. The summed E-state index contributed by atoms with van der Waals surface area (Å²) in [6, 6.07) is 105. The van der Waals surface area contributed by atoms with Crippen molar-refractivity contribution in [3.8, 4) is 44.5 Å². The molecule has 84 heavy (non-hydrogen) atoms. The lowest BCUT2D eigenvalue weighted by atomic mass is 9.82. The van der Waals surface area contributed by atoms with Crippen LogP contribution in [0.2, 0.25) is 0 Å². The number of hydrogen-bond acceptors (Lipinski definition) is 2. The highest BCUT2D eigenvalue weighted by atomic mass is 15.1. The first-order valence-electron chi connectivity index (χ1n) is 30.2. The number of fused-ring (bicyclic) bond motifs is 7. The van der Waals surface area contributed by atoms with E-state index in [0.717, 1.165) is 35.6 Å². The minimum absolute atomic E-state index is 1.15. The standard InChI is InChI=1S/C82H62N2/c1-3-25-61(26-4-1)83(65-51-41-55-21-7-9-23-59(55)53-65)63-47-43-57(44-48-63)79-71-29-11-15-33-75(71)81(76-34-16-12-30-72(76)79)69-39-19-38-68-67(69)37-20-40-70(68)82-77-35-17-13-31-73(77)80(74-32-14-18-36-78(74)82)58-45-49-64(50-46-58)84(62-27-5-2-6-28-62)66-52-42-56-22-8-10-24-60(56)54-66/h1-6,11-20,25-54H,7-10,21-24H2. The van der Waals surface area contributed by atoms with E-state index in [1.807, 2.05) is 0 Å². The van der Waals surface area contributed by atoms with E-state index in [1.54, 1.807) is 0 Å². The summed E-state index contributed by atoms with van der Waals surface area (Å²) in [5.74, 6) is 0. The maximum atomic E-state index is 2.43. The molecule has 2 aliphatic rings. The Balaban J connectivity index is 0.815. The van der Waals surface area contributed by atoms with Crippen molar-refractivity contribution in [2.75, 3.05) is 9.80 Å². The van der Waals surface area contributed by atoms with Crippen molar-refractivity contribution in [3.63, 3.8) is 0 Å². The van der Waals surface area contributed by atoms with Gasteiger partial charge >= 0.3 is 0 Å². The van der Waals surface area contributed by atoms with Gasteiger partial charge in [0.05, 0.1) is 0 Å². The van der Waals surface area contributed by atoms with Crippen molar-refractivity contribution in [3.05, 3.63) is 301 Å². The molecule has 400 valence electrons. The minimum atomic E-state index is 1.15. The second-order valence-corrected chi connectivity index (χ2v) is 23.1. The highest BCUT2D eigenvalue weighted by Gasteiger charge is 2.24. The largest absolute Gasteiger partial charge is 0.310 e. The molecule has 0 saturated carbocycles. The van der Waals surface area contributed by atoms with Crippen LogP contribution in [0.5, 0.6) is 0 Å². The average molecular weight is 1080 g/mol. The smallest absolute Gasteiger partial charge is 0.0464 e. The molecule has 2 nitrogen and oxygen atoms in total. The van der Waals surface area contributed by atoms with Gasteiger partial charge in [-0.25, -0.2) is 0 Å². The Kier molecular flexibility index (Phi) is 12.5. The fourth-order valence-corrected chi connectivity index (χ4v) is 14.5. The number of hydrogen-bond donors (Lipinski definition) is 0. The first kappa shape index (κ1) is 49.8. The SMILES string of the molecule is c1ccc(N(c2ccc(-c3c4ccccc4c(-c4cccc5c(-c6c7ccccc7c(-c7ccc(N(c8ccccc8)c8ccc9c(c8)CCCC9)cc7)c7ccccc67)cccc45)c4ccccc34)cc2)c2ccc3c(c2)CCCC3)cc1. The summed E-state index contributed by atoms with van der Waals surface area (Å²) >= 11 is 0. The Labute approximate surface area is 492 Å². The van der Waals surface area contributed by atoms with Crippen molar-refractivity contribution < 1.29 is 0 Å². The molecule has 2 aliphatic carbocycles. The Morgan fingerprint density at radius 3 is 0.810 bits per heavy atom. The van der Waals surface area contributed by atoms with Gasteiger partial charge in [-0.2, -0.15) is 0 Å². The zero-order valence-electron chi connectivity index (χ0n) is 47.1. The van der Waals surface area contributed by atoms with Crippen molar-refractivity contribution in [2.45, 2.75) is 51.4 Å². The van der Waals surface area contributed by atoms with Crippen molar-refractivity contribution in [2.24, 2.45) is 0 Å². The summed E-state index contributed by atoms with van der Waals surface area (Å²) in [6.07, 6.45) is 9.70. The first-order chi connectivity index (χ1) is 41.7. The average Bonchev–Trinajstić information content (AvgIpc) is 3.19. The molecular weight excluding hydrogens is 1010 g/mol. The molecule has 16 rings (SSSR count). The molecule has 0 aliphatic heterocycles. The van der Waals surface area contributed by atoms with Gasteiger partial charge in [0.1, 0.15) is 0 Å². The molecule has 0 bridgehead atoms. The van der Waals surface area contributed by atoms with E-state index in [2.05, 4.69) is 289 Å². The topological polar surface area (TPSA) is 6.48 Å². The second kappa shape index (κ2) is 21.1. The lowest BCUT2D eigenvalue weighted by molar-refractivity contribution is 0.685. The molecule has 2 heteroatoms. The van der Waals surface area contributed by atoms with E-state index in [4.69, 9.17) is 0 Å². The molecule has 14 aromatic rings. The van der Waals surface area contributed by atoms with E-state index in [-0.39, 0.29) is 0 Å². The first-order valence-corrected chi connectivity index (χ1v) is 30.2. The maximum absolute atomic E-state index is 2.43. The summed E-state index contributed by atoms with van der Waals surface area (Å²) in [5.41, 5.74) is 22.9. The van der Waals surface area contributed by atoms with Gasteiger partial charge in [-0.05, 0) is 245 Å². The molecule has 0 spiro atoms. The zero-order chi connectivity index (χ0) is 55.5. The maximum Gasteiger partial charge on any atom is 0.0464 e. The predicted molar refractivity (Wildman–Crippen MR) is 358 cm³/mol. The minimum Gasteiger partial charge on any atom is -0.310 e. The van der Waals surface area contributed by atoms with Crippen LogP contribution in [0.25, 0.3) is 98.4 Å².